The SMILES string of the molecule is CC1CCCC(O)(C2(C#N)CCOc3ccccc32)C1. The van der Waals surface area contributed by atoms with Crippen molar-refractivity contribution in [3.05, 3.63) is 29.8 Å². The van der Waals surface area contributed by atoms with Crippen LogP contribution in [0.5, 0.6) is 5.75 Å². The molecule has 3 nitrogen and oxygen atoms in total. The number of rotatable bonds is 1. The van der Waals surface area contributed by atoms with Crippen molar-refractivity contribution in [1.82, 2.24) is 0 Å². The predicted molar refractivity (Wildman–Crippen MR) is 76.4 cm³/mol. The van der Waals surface area contributed by atoms with Crippen LogP contribution in [-0.4, -0.2) is 17.3 Å². The summed E-state index contributed by atoms with van der Waals surface area (Å²) in [7, 11) is 0. The highest BCUT2D eigenvalue weighted by molar-refractivity contribution is 5.48. The number of hydrogen-bond donors (Lipinski definition) is 1. The number of para-hydroxylation sites is 1. The average molecular weight is 271 g/mol. The molecule has 1 heterocycles. The van der Waals surface area contributed by atoms with Gasteiger partial charge in [-0.2, -0.15) is 5.26 Å². The van der Waals surface area contributed by atoms with E-state index in [1.54, 1.807) is 0 Å². The van der Waals surface area contributed by atoms with Crippen LogP contribution in [0.4, 0.5) is 0 Å². The van der Waals surface area contributed by atoms with E-state index in [2.05, 4.69) is 13.0 Å². The van der Waals surface area contributed by atoms with E-state index in [0.29, 0.717) is 31.8 Å². The Morgan fingerprint density at radius 2 is 2.15 bits per heavy atom. The van der Waals surface area contributed by atoms with Gasteiger partial charge in [-0.3, -0.25) is 0 Å². The van der Waals surface area contributed by atoms with Gasteiger partial charge in [-0.05, 0) is 24.8 Å². The van der Waals surface area contributed by atoms with E-state index in [4.69, 9.17) is 4.74 Å². The van der Waals surface area contributed by atoms with Crippen LogP contribution in [0.1, 0.15) is 44.6 Å². The first-order chi connectivity index (χ1) is 9.61. The summed E-state index contributed by atoms with van der Waals surface area (Å²) < 4.78 is 5.68. The van der Waals surface area contributed by atoms with Gasteiger partial charge in [0.25, 0.3) is 0 Å². The minimum Gasteiger partial charge on any atom is -0.493 e. The Kier molecular flexibility index (Phi) is 3.22. The highest BCUT2D eigenvalue weighted by atomic mass is 16.5. The van der Waals surface area contributed by atoms with Crippen LogP contribution < -0.4 is 4.74 Å². The van der Waals surface area contributed by atoms with Crippen LogP contribution >= 0.6 is 0 Å². The van der Waals surface area contributed by atoms with Crippen molar-refractivity contribution in [3.8, 4) is 11.8 Å². The number of benzene rings is 1. The van der Waals surface area contributed by atoms with E-state index >= 15 is 0 Å². The van der Waals surface area contributed by atoms with E-state index in [1.165, 1.54) is 0 Å². The third-order valence-corrected chi connectivity index (χ3v) is 5.04. The summed E-state index contributed by atoms with van der Waals surface area (Å²) in [5.74, 6) is 1.22. The monoisotopic (exact) mass is 271 g/mol. The van der Waals surface area contributed by atoms with Crippen LogP contribution in [0.2, 0.25) is 0 Å². The first kappa shape index (κ1) is 13.5. The summed E-state index contributed by atoms with van der Waals surface area (Å²) in [6.07, 6.45) is 4.12. The summed E-state index contributed by atoms with van der Waals surface area (Å²) in [6, 6.07) is 10.2. The van der Waals surface area contributed by atoms with Crippen LogP contribution in [0.3, 0.4) is 0 Å². The van der Waals surface area contributed by atoms with Crippen molar-refractivity contribution in [2.75, 3.05) is 6.61 Å². The molecule has 1 aromatic carbocycles. The molecule has 106 valence electrons. The largest absolute Gasteiger partial charge is 0.493 e. The summed E-state index contributed by atoms with van der Waals surface area (Å²) in [5, 5.41) is 21.2. The van der Waals surface area contributed by atoms with Gasteiger partial charge in [0.05, 0.1) is 18.3 Å². The van der Waals surface area contributed by atoms with Gasteiger partial charge in [0, 0.05) is 12.0 Å². The fourth-order valence-electron chi connectivity index (χ4n) is 4.01. The summed E-state index contributed by atoms with van der Waals surface area (Å²) in [5.41, 5.74) is -0.888. The fourth-order valence-corrected chi connectivity index (χ4v) is 4.01. The molecule has 0 aromatic heterocycles. The molecule has 0 spiro atoms. The molecule has 1 aliphatic carbocycles. The van der Waals surface area contributed by atoms with Crippen molar-refractivity contribution in [2.45, 2.75) is 50.0 Å². The molecule has 0 radical (unpaired) electrons. The second-order valence-corrected chi connectivity index (χ2v) is 6.34. The number of hydrogen-bond acceptors (Lipinski definition) is 3. The van der Waals surface area contributed by atoms with Crippen molar-refractivity contribution in [2.24, 2.45) is 5.92 Å². The molecule has 20 heavy (non-hydrogen) atoms. The number of nitrogens with zero attached hydrogens (tertiary/aromatic N) is 1. The predicted octanol–water partition coefficient (Wildman–Crippen LogP) is 3.17. The van der Waals surface area contributed by atoms with Gasteiger partial charge in [-0.15, -0.1) is 0 Å². The zero-order chi connectivity index (χ0) is 14.2. The Morgan fingerprint density at radius 3 is 2.90 bits per heavy atom. The Balaban J connectivity index is 2.11. The fraction of sp³-hybridized carbons (Fsp3) is 0.588. The van der Waals surface area contributed by atoms with Crippen molar-refractivity contribution >= 4 is 0 Å². The van der Waals surface area contributed by atoms with Gasteiger partial charge in [0.15, 0.2) is 0 Å². The number of aliphatic hydroxyl groups is 1. The van der Waals surface area contributed by atoms with Gasteiger partial charge < -0.3 is 9.84 Å². The van der Waals surface area contributed by atoms with Crippen molar-refractivity contribution in [1.29, 1.82) is 5.26 Å². The molecular weight excluding hydrogens is 250 g/mol. The standard InChI is InChI=1S/C17H21NO2/c1-13-5-4-8-17(19,11-13)16(12-18)9-10-20-15-7-3-2-6-14(15)16/h2-3,6-7,13,19H,4-5,8-11H2,1H3. The Bertz CT molecular complexity index is 550. The Labute approximate surface area is 120 Å². The maximum absolute atomic E-state index is 11.3. The molecule has 1 aliphatic heterocycles. The molecule has 1 N–H and O–H groups in total. The molecule has 1 fully saturated rings. The molecule has 3 atom stereocenters. The summed E-state index contributed by atoms with van der Waals surface area (Å²) >= 11 is 0. The molecule has 0 amide bonds. The number of ether oxygens (including phenoxy) is 1. The topological polar surface area (TPSA) is 53.2 Å². The van der Waals surface area contributed by atoms with Gasteiger partial charge >= 0.3 is 0 Å². The molecule has 3 rings (SSSR count). The lowest BCUT2D eigenvalue weighted by atomic mass is 9.58. The lowest BCUT2D eigenvalue weighted by Gasteiger charge is -2.49. The molecular formula is C17H21NO2. The smallest absolute Gasteiger partial charge is 0.124 e. The first-order valence-corrected chi connectivity index (χ1v) is 7.47. The summed E-state index contributed by atoms with van der Waals surface area (Å²) in [6.45, 7) is 2.67. The highest BCUT2D eigenvalue weighted by Gasteiger charge is 2.55. The molecule has 3 unspecified atom stereocenters. The van der Waals surface area contributed by atoms with Gasteiger partial charge in [-0.1, -0.05) is 38.0 Å². The van der Waals surface area contributed by atoms with Crippen LogP contribution in [0.15, 0.2) is 24.3 Å². The van der Waals surface area contributed by atoms with E-state index < -0.39 is 11.0 Å². The minimum atomic E-state index is -0.931. The van der Waals surface area contributed by atoms with Gasteiger partial charge in [0.2, 0.25) is 0 Å². The van der Waals surface area contributed by atoms with Crippen molar-refractivity contribution < 1.29 is 9.84 Å². The lowest BCUT2D eigenvalue weighted by molar-refractivity contribution is -0.0724. The van der Waals surface area contributed by atoms with E-state index in [1.807, 2.05) is 24.3 Å². The first-order valence-electron chi connectivity index (χ1n) is 7.47. The second-order valence-electron chi connectivity index (χ2n) is 6.34. The Hall–Kier alpha value is -1.53. The highest BCUT2D eigenvalue weighted by Crippen LogP contribution is 2.51. The number of fused-ring (bicyclic) bond motifs is 1. The van der Waals surface area contributed by atoms with Gasteiger partial charge in [0.1, 0.15) is 11.2 Å². The van der Waals surface area contributed by atoms with Crippen molar-refractivity contribution in [3.63, 3.8) is 0 Å². The molecule has 1 saturated carbocycles. The van der Waals surface area contributed by atoms with Gasteiger partial charge in [-0.25, -0.2) is 0 Å². The van der Waals surface area contributed by atoms with Crippen LogP contribution in [-0.2, 0) is 5.41 Å². The lowest BCUT2D eigenvalue weighted by Crippen LogP contribution is -2.55. The molecule has 2 aliphatic rings. The van der Waals surface area contributed by atoms with E-state index in [0.717, 1.165) is 24.2 Å². The van der Waals surface area contributed by atoms with Crippen LogP contribution in [0, 0.1) is 17.2 Å². The average Bonchev–Trinajstić information content (AvgIpc) is 2.46. The third-order valence-electron chi connectivity index (χ3n) is 5.04. The third kappa shape index (κ3) is 1.83. The zero-order valence-electron chi connectivity index (χ0n) is 11.9. The minimum absolute atomic E-state index is 0.467. The van der Waals surface area contributed by atoms with E-state index in [9.17, 15) is 10.4 Å². The van der Waals surface area contributed by atoms with Crippen LogP contribution in [0.25, 0.3) is 0 Å². The molecule has 0 bridgehead atoms. The molecule has 0 saturated heterocycles. The Morgan fingerprint density at radius 1 is 1.35 bits per heavy atom. The molecule has 3 heteroatoms. The normalized spacial score (nSPS) is 36.5. The quantitative estimate of drug-likeness (QED) is 0.853. The molecule has 1 aromatic rings. The maximum atomic E-state index is 11.3. The zero-order valence-corrected chi connectivity index (χ0v) is 11.9. The maximum Gasteiger partial charge on any atom is 0.124 e. The number of nitriles is 1. The second kappa shape index (κ2) is 4.79. The summed E-state index contributed by atoms with van der Waals surface area (Å²) in [4.78, 5) is 0. The van der Waals surface area contributed by atoms with E-state index in [-0.39, 0.29) is 0 Å².